The molecule has 0 aliphatic rings. The molecule has 0 aliphatic heterocycles. The molecule has 0 unspecified atom stereocenters. The van der Waals surface area contributed by atoms with Crippen LogP contribution in [0.5, 0.6) is 0 Å². The zero-order valence-electron chi connectivity index (χ0n) is 10.7. The van der Waals surface area contributed by atoms with Crippen LogP contribution >= 0.6 is 23.1 Å². The molecular weight excluding hydrogens is 312 g/mol. The number of aromatic nitrogens is 1. The van der Waals surface area contributed by atoms with Gasteiger partial charge in [-0.25, -0.2) is 4.98 Å². The Balaban J connectivity index is 2.00. The molecular formula is C13H8N2O4S2. The molecule has 0 spiro atoms. The number of thiophene rings is 1. The van der Waals surface area contributed by atoms with Crippen molar-refractivity contribution in [3.63, 3.8) is 0 Å². The SMILES string of the molecule is CC(=O)c1cc([N+](=O)[O-])c(Sc2nc3ccccc3o2)s1. The number of carbonyl (C=O) groups is 1. The minimum atomic E-state index is -0.506. The maximum Gasteiger partial charge on any atom is 0.294 e. The van der Waals surface area contributed by atoms with Crippen molar-refractivity contribution in [1.29, 1.82) is 0 Å². The minimum absolute atomic E-state index is 0.0996. The number of rotatable bonds is 4. The molecule has 0 aliphatic carbocycles. The third-order valence-corrected chi connectivity index (χ3v) is 4.94. The monoisotopic (exact) mass is 320 g/mol. The van der Waals surface area contributed by atoms with Gasteiger partial charge in [0.15, 0.2) is 11.4 Å². The Labute approximate surface area is 126 Å². The van der Waals surface area contributed by atoms with Crippen LogP contribution in [-0.2, 0) is 0 Å². The second-order valence-corrected chi connectivity index (χ2v) is 6.42. The molecule has 1 aromatic carbocycles. The van der Waals surface area contributed by atoms with Crippen molar-refractivity contribution in [2.45, 2.75) is 16.4 Å². The van der Waals surface area contributed by atoms with Gasteiger partial charge in [0.1, 0.15) is 9.73 Å². The van der Waals surface area contributed by atoms with E-state index in [1.807, 2.05) is 12.1 Å². The van der Waals surface area contributed by atoms with Crippen LogP contribution in [0.4, 0.5) is 5.69 Å². The Morgan fingerprint density at radius 1 is 1.43 bits per heavy atom. The average molecular weight is 320 g/mol. The summed E-state index contributed by atoms with van der Waals surface area (Å²) in [5.41, 5.74) is 1.20. The summed E-state index contributed by atoms with van der Waals surface area (Å²) in [6, 6.07) is 8.52. The van der Waals surface area contributed by atoms with Crippen molar-refractivity contribution in [3.05, 3.63) is 45.3 Å². The standard InChI is InChI=1S/C13H8N2O4S2/c1-7(16)11-6-9(15(17)18)12(20-11)21-13-14-8-4-2-3-5-10(8)19-13/h2-6H,1H3. The van der Waals surface area contributed by atoms with Gasteiger partial charge in [0.05, 0.1) is 9.80 Å². The summed E-state index contributed by atoms with van der Waals surface area (Å²) in [4.78, 5) is 26.5. The Bertz CT molecular complexity index is 820. The number of para-hydroxylation sites is 2. The van der Waals surface area contributed by atoms with Gasteiger partial charge in [0, 0.05) is 6.07 Å². The van der Waals surface area contributed by atoms with E-state index in [9.17, 15) is 14.9 Å². The first-order valence-corrected chi connectivity index (χ1v) is 7.50. The minimum Gasteiger partial charge on any atom is -0.431 e. The van der Waals surface area contributed by atoms with Crippen LogP contribution in [0.15, 0.2) is 44.2 Å². The molecule has 3 aromatic rings. The van der Waals surface area contributed by atoms with Gasteiger partial charge >= 0.3 is 0 Å². The predicted octanol–water partition coefficient (Wildman–Crippen LogP) is 4.15. The molecule has 8 heteroatoms. The van der Waals surface area contributed by atoms with E-state index < -0.39 is 4.92 Å². The molecule has 0 fully saturated rings. The topological polar surface area (TPSA) is 86.2 Å². The fourth-order valence-electron chi connectivity index (χ4n) is 1.71. The van der Waals surface area contributed by atoms with Crippen LogP contribution in [-0.4, -0.2) is 15.7 Å². The molecule has 0 atom stereocenters. The second-order valence-electron chi connectivity index (χ2n) is 4.15. The molecule has 6 nitrogen and oxygen atoms in total. The maximum absolute atomic E-state index is 11.4. The number of carbonyl (C=O) groups excluding carboxylic acids is 1. The van der Waals surface area contributed by atoms with Gasteiger partial charge in [-0.1, -0.05) is 12.1 Å². The number of fused-ring (bicyclic) bond motifs is 1. The van der Waals surface area contributed by atoms with Crippen LogP contribution in [0, 0.1) is 10.1 Å². The zero-order chi connectivity index (χ0) is 15.0. The van der Waals surface area contributed by atoms with Gasteiger partial charge < -0.3 is 4.42 Å². The lowest BCUT2D eigenvalue weighted by molar-refractivity contribution is -0.387. The summed E-state index contributed by atoms with van der Waals surface area (Å²) < 4.78 is 5.91. The summed E-state index contributed by atoms with van der Waals surface area (Å²) in [7, 11) is 0. The molecule has 21 heavy (non-hydrogen) atoms. The Morgan fingerprint density at radius 3 is 2.86 bits per heavy atom. The highest BCUT2D eigenvalue weighted by atomic mass is 32.2. The van der Waals surface area contributed by atoms with Crippen molar-refractivity contribution >= 4 is 45.7 Å². The number of oxazole rings is 1. The van der Waals surface area contributed by atoms with Crippen LogP contribution in [0.3, 0.4) is 0 Å². The van der Waals surface area contributed by atoms with E-state index in [0.717, 1.165) is 23.1 Å². The maximum atomic E-state index is 11.4. The number of benzene rings is 1. The smallest absolute Gasteiger partial charge is 0.294 e. The summed E-state index contributed by atoms with van der Waals surface area (Å²) in [5, 5.41) is 11.4. The fourth-order valence-corrected chi connectivity index (χ4v) is 3.79. The highest BCUT2D eigenvalue weighted by Gasteiger charge is 2.23. The van der Waals surface area contributed by atoms with Crippen LogP contribution in [0.1, 0.15) is 16.6 Å². The largest absolute Gasteiger partial charge is 0.431 e. The van der Waals surface area contributed by atoms with Gasteiger partial charge in [0.25, 0.3) is 10.9 Å². The van der Waals surface area contributed by atoms with Crippen molar-refractivity contribution < 1.29 is 14.1 Å². The highest BCUT2D eigenvalue weighted by molar-refractivity contribution is 8.01. The Morgan fingerprint density at radius 2 is 2.19 bits per heavy atom. The van der Waals surface area contributed by atoms with Gasteiger partial charge in [-0.05, 0) is 30.8 Å². The van der Waals surface area contributed by atoms with Gasteiger partial charge in [0.2, 0.25) is 0 Å². The molecule has 0 bridgehead atoms. The van der Waals surface area contributed by atoms with Crippen molar-refractivity contribution in [2.75, 3.05) is 0 Å². The van der Waals surface area contributed by atoms with E-state index >= 15 is 0 Å². The van der Waals surface area contributed by atoms with Crippen LogP contribution < -0.4 is 0 Å². The Kier molecular flexibility index (Phi) is 3.48. The number of ketones is 1. The first kappa shape index (κ1) is 13.8. The quantitative estimate of drug-likeness (QED) is 0.408. The first-order chi connectivity index (χ1) is 10.0. The molecule has 0 amide bonds. The van der Waals surface area contributed by atoms with Gasteiger partial charge in [-0.2, -0.15) is 0 Å². The summed E-state index contributed by atoms with van der Waals surface area (Å²) in [5.74, 6) is -0.201. The lowest BCUT2D eigenvalue weighted by atomic mass is 10.3. The van der Waals surface area contributed by atoms with Crippen molar-refractivity contribution in [3.8, 4) is 0 Å². The van der Waals surface area contributed by atoms with E-state index in [0.29, 0.717) is 25.4 Å². The average Bonchev–Trinajstić information content (AvgIpc) is 3.02. The molecule has 0 N–H and O–H groups in total. The fraction of sp³-hybridized carbons (Fsp3) is 0.0769. The van der Waals surface area contributed by atoms with E-state index in [1.165, 1.54) is 13.0 Å². The lowest BCUT2D eigenvalue weighted by Crippen LogP contribution is -1.87. The van der Waals surface area contributed by atoms with E-state index in [1.54, 1.807) is 12.1 Å². The molecule has 0 saturated carbocycles. The number of hydrogen-bond donors (Lipinski definition) is 0. The van der Waals surface area contributed by atoms with Gasteiger partial charge in [-0.15, -0.1) is 11.3 Å². The summed E-state index contributed by atoms with van der Waals surface area (Å²) in [6.45, 7) is 1.38. The van der Waals surface area contributed by atoms with Gasteiger partial charge in [-0.3, -0.25) is 14.9 Å². The molecule has 0 saturated heterocycles. The zero-order valence-corrected chi connectivity index (χ0v) is 12.4. The molecule has 106 valence electrons. The molecule has 2 heterocycles. The van der Waals surface area contributed by atoms with E-state index in [2.05, 4.69) is 4.98 Å². The van der Waals surface area contributed by atoms with E-state index in [4.69, 9.17) is 4.42 Å². The Hall–Kier alpha value is -2.19. The predicted molar refractivity (Wildman–Crippen MR) is 79.1 cm³/mol. The number of nitro groups is 1. The highest BCUT2D eigenvalue weighted by Crippen LogP contribution is 2.41. The number of hydrogen-bond acceptors (Lipinski definition) is 7. The normalized spacial score (nSPS) is 10.9. The first-order valence-electron chi connectivity index (χ1n) is 5.87. The molecule has 2 aromatic heterocycles. The van der Waals surface area contributed by atoms with Crippen molar-refractivity contribution in [2.24, 2.45) is 0 Å². The lowest BCUT2D eigenvalue weighted by Gasteiger charge is -1.91. The third-order valence-electron chi connectivity index (χ3n) is 2.68. The van der Waals surface area contributed by atoms with Crippen molar-refractivity contribution in [1.82, 2.24) is 4.98 Å². The third kappa shape index (κ3) is 2.67. The molecule has 3 rings (SSSR count). The molecule has 0 radical (unpaired) electrons. The van der Waals surface area contributed by atoms with E-state index in [-0.39, 0.29) is 11.5 Å². The number of Topliss-reactive ketones (excluding diaryl/α,β-unsaturated/α-hetero) is 1. The van der Waals surface area contributed by atoms with Crippen LogP contribution in [0.25, 0.3) is 11.1 Å². The summed E-state index contributed by atoms with van der Waals surface area (Å²) in [6.07, 6.45) is 0. The van der Waals surface area contributed by atoms with Crippen LogP contribution in [0.2, 0.25) is 0 Å². The number of nitrogens with zero attached hydrogens (tertiary/aromatic N) is 2. The summed E-state index contributed by atoms with van der Waals surface area (Å²) >= 11 is 2.13. The second kappa shape index (κ2) is 5.30.